The van der Waals surface area contributed by atoms with E-state index in [1.54, 1.807) is 18.6 Å². The molecule has 18 heavy (non-hydrogen) atoms. The number of anilines is 1. The van der Waals surface area contributed by atoms with Gasteiger partial charge in [-0.2, -0.15) is 0 Å². The van der Waals surface area contributed by atoms with Gasteiger partial charge in [0.15, 0.2) is 0 Å². The van der Waals surface area contributed by atoms with Crippen molar-refractivity contribution in [2.24, 2.45) is 0 Å². The van der Waals surface area contributed by atoms with Crippen LogP contribution in [0.1, 0.15) is 27.7 Å². The van der Waals surface area contributed by atoms with Crippen LogP contribution in [0, 0.1) is 0 Å². The maximum absolute atomic E-state index is 11.9. The van der Waals surface area contributed by atoms with Gasteiger partial charge in [0.25, 0.3) is 5.91 Å². The van der Waals surface area contributed by atoms with Gasteiger partial charge in [-0.3, -0.25) is 10.1 Å². The van der Waals surface area contributed by atoms with Crippen LogP contribution in [-0.2, 0) is 4.74 Å². The van der Waals surface area contributed by atoms with E-state index in [1.165, 1.54) is 22.7 Å². The summed E-state index contributed by atoms with van der Waals surface area (Å²) in [6.07, 6.45) is -0.140. The summed E-state index contributed by atoms with van der Waals surface area (Å²) in [5.74, 6) is -0.275. The molecular weight excluding hydrogens is 294 g/mol. The molecule has 0 aliphatic rings. The van der Waals surface area contributed by atoms with Crippen LogP contribution >= 0.6 is 34.3 Å². The molecule has 0 aliphatic heterocycles. The number of ether oxygens (including phenoxy) is 1. The van der Waals surface area contributed by atoms with Gasteiger partial charge < -0.3 is 4.74 Å². The molecule has 2 aromatic rings. The van der Waals surface area contributed by atoms with Crippen LogP contribution in [-0.4, -0.2) is 23.2 Å². The van der Waals surface area contributed by atoms with E-state index < -0.39 is 0 Å². The first kappa shape index (κ1) is 13.4. The molecule has 2 heterocycles. The average Bonchev–Trinajstić information content (AvgIpc) is 2.97. The molecule has 1 unspecified atom stereocenters. The Hall–Kier alpha value is -1.02. The molecule has 0 saturated heterocycles. The number of aromatic nitrogens is 2. The van der Waals surface area contributed by atoms with E-state index in [4.69, 9.17) is 16.3 Å². The number of methoxy groups -OCH3 is 1. The summed E-state index contributed by atoms with van der Waals surface area (Å²) in [5.41, 5.74) is 0. The number of hydrogen-bond acceptors (Lipinski definition) is 6. The lowest BCUT2D eigenvalue weighted by atomic mass is 10.4. The Morgan fingerprint density at radius 1 is 1.56 bits per heavy atom. The minimum atomic E-state index is -0.275. The number of nitrogens with zero attached hydrogens (tertiary/aromatic N) is 2. The van der Waals surface area contributed by atoms with Crippen LogP contribution in [0.4, 0.5) is 5.13 Å². The van der Waals surface area contributed by atoms with Crippen molar-refractivity contribution in [2.75, 3.05) is 12.4 Å². The highest BCUT2D eigenvalue weighted by atomic mass is 35.5. The van der Waals surface area contributed by atoms with Gasteiger partial charge in [-0.15, -0.1) is 21.5 Å². The van der Waals surface area contributed by atoms with Gasteiger partial charge in [0.05, 0.1) is 5.02 Å². The molecule has 0 bridgehead atoms. The van der Waals surface area contributed by atoms with Crippen LogP contribution in [0.3, 0.4) is 0 Å². The topological polar surface area (TPSA) is 64.1 Å². The SMILES string of the molecule is COC(C)c1nnc(NC(=O)c2sccc2Cl)s1. The molecule has 0 radical (unpaired) electrons. The number of hydrogen-bond donors (Lipinski definition) is 1. The van der Waals surface area contributed by atoms with E-state index in [0.29, 0.717) is 20.0 Å². The van der Waals surface area contributed by atoms with Crippen molar-refractivity contribution < 1.29 is 9.53 Å². The molecule has 1 atom stereocenters. The van der Waals surface area contributed by atoms with Gasteiger partial charge in [-0.05, 0) is 18.4 Å². The highest BCUT2D eigenvalue weighted by Crippen LogP contribution is 2.26. The quantitative estimate of drug-likeness (QED) is 0.942. The standard InChI is InChI=1S/C10H10ClN3O2S2/c1-5(16-2)9-13-14-10(18-9)12-8(15)7-6(11)3-4-17-7/h3-5H,1-2H3,(H,12,14,15). The van der Waals surface area contributed by atoms with Crippen molar-refractivity contribution >= 4 is 45.3 Å². The molecule has 0 saturated carbocycles. The highest BCUT2D eigenvalue weighted by Gasteiger charge is 2.16. The zero-order valence-electron chi connectivity index (χ0n) is 9.64. The van der Waals surface area contributed by atoms with E-state index >= 15 is 0 Å². The van der Waals surface area contributed by atoms with E-state index in [9.17, 15) is 4.79 Å². The fourth-order valence-electron chi connectivity index (χ4n) is 1.16. The summed E-state index contributed by atoms with van der Waals surface area (Å²) in [6, 6.07) is 1.68. The molecular formula is C10H10ClN3O2S2. The minimum Gasteiger partial charge on any atom is -0.374 e. The second kappa shape index (κ2) is 5.75. The van der Waals surface area contributed by atoms with Gasteiger partial charge >= 0.3 is 0 Å². The van der Waals surface area contributed by atoms with Crippen molar-refractivity contribution in [3.63, 3.8) is 0 Å². The summed E-state index contributed by atoms with van der Waals surface area (Å²) in [5, 5.41) is 13.8. The van der Waals surface area contributed by atoms with E-state index in [1.807, 2.05) is 6.92 Å². The molecule has 2 aromatic heterocycles. The fourth-order valence-corrected chi connectivity index (χ4v) is 2.96. The number of rotatable bonds is 4. The lowest BCUT2D eigenvalue weighted by Gasteiger charge is -2.02. The third kappa shape index (κ3) is 2.86. The summed E-state index contributed by atoms with van der Waals surface area (Å²) >= 11 is 8.44. The zero-order chi connectivity index (χ0) is 13.1. The molecule has 8 heteroatoms. The van der Waals surface area contributed by atoms with Crippen molar-refractivity contribution in [1.82, 2.24) is 10.2 Å². The zero-order valence-corrected chi connectivity index (χ0v) is 12.0. The number of carbonyl (C=O) groups is 1. The summed E-state index contributed by atoms with van der Waals surface area (Å²) < 4.78 is 5.12. The Kier molecular flexibility index (Phi) is 4.28. The molecule has 2 rings (SSSR count). The predicted octanol–water partition coefficient (Wildman–Crippen LogP) is 3.21. The Bertz CT molecular complexity index is 555. The minimum absolute atomic E-state index is 0.140. The number of nitrogens with one attached hydrogen (secondary N) is 1. The summed E-state index contributed by atoms with van der Waals surface area (Å²) in [7, 11) is 1.59. The van der Waals surface area contributed by atoms with Crippen LogP contribution in [0.2, 0.25) is 5.02 Å². The molecule has 5 nitrogen and oxygen atoms in total. The Labute approximate surface area is 117 Å². The molecule has 0 aromatic carbocycles. The highest BCUT2D eigenvalue weighted by molar-refractivity contribution is 7.16. The molecule has 1 amide bonds. The third-order valence-corrected chi connectivity index (χ3v) is 4.53. The predicted molar refractivity (Wildman–Crippen MR) is 72.6 cm³/mol. The van der Waals surface area contributed by atoms with Gasteiger partial charge in [0.2, 0.25) is 5.13 Å². The number of halogens is 1. The maximum atomic E-state index is 11.9. The summed E-state index contributed by atoms with van der Waals surface area (Å²) in [6.45, 7) is 1.86. The van der Waals surface area contributed by atoms with Crippen LogP contribution in [0.15, 0.2) is 11.4 Å². The van der Waals surface area contributed by atoms with Crippen molar-refractivity contribution in [3.8, 4) is 0 Å². The van der Waals surface area contributed by atoms with Gasteiger partial charge in [-0.1, -0.05) is 22.9 Å². The monoisotopic (exact) mass is 303 g/mol. The van der Waals surface area contributed by atoms with Crippen molar-refractivity contribution in [2.45, 2.75) is 13.0 Å². The van der Waals surface area contributed by atoms with E-state index in [-0.39, 0.29) is 12.0 Å². The molecule has 1 N–H and O–H groups in total. The Morgan fingerprint density at radius 2 is 2.33 bits per heavy atom. The average molecular weight is 304 g/mol. The first-order chi connectivity index (χ1) is 8.61. The number of amides is 1. The molecule has 0 fully saturated rings. The smallest absolute Gasteiger partial charge is 0.269 e. The normalized spacial score (nSPS) is 12.4. The van der Waals surface area contributed by atoms with Crippen LogP contribution in [0.5, 0.6) is 0 Å². The number of thiophene rings is 1. The Balaban J connectivity index is 2.08. The second-order valence-electron chi connectivity index (χ2n) is 3.38. The lowest BCUT2D eigenvalue weighted by molar-refractivity contribution is 0.103. The van der Waals surface area contributed by atoms with Crippen LogP contribution in [0.25, 0.3) is 0 Å². The van der Waals surface area contributed by atoms with E-state index in [0.717, 1.165) is 0 Å². The molecule has 96 valence electrons. The third-order valence-electron chi connectivity index (χ3n) is 2.19. The Morgan fingerprint density at radius 3 is 2.94 bits per heavy atom. The van der Waals surface area contributed by atoms with Crippen molar-refractivity contribution in [3.05, 3.63) is 26.4 Å². The van der Waals surface area contributed by atoms with Gasteiger partial charge in [0, 0.05) is 7.11 Å². The maximum Gasteiger partial charge on any atom is 0.269 e. The van der Waals surface area contributed by atoms with Gasteiger partial charge in [-0.25, -0.2) is 0 Å². The number of carbonyl (C=O) groups excluding carboxylic acids is 1. The first-order valence-electron chi connectivity index (χ1n) is 5.02. The van der Waals surface area contributed by atoms with Crippen LogP contribution < -0.4 is 5.32 Å². The van der Waals surface area contributed by atoms with Gasteiger partial charge in [0.1, 0.15) is 16.0 Å². The second-order valence-corrected chi connectivity index (χ2v) is 5.71. The fraction of sp³-hybridized carbons (Fsp3) is 0.300. The largest absolute Gasteiger partial charge is 0.374 e. The first-order valence-corrected chi connectivity index (χ1v) is 7.09. The summed E-state index contributed by atoms with van der Waals surface area (Å²) in [4.78, 5) is 12.3. The molecule has 0 spiro atoms. The lowest BCUT2D eigenvalue weighted by Crippen LogP contribution is -2.10. The van der Waals surface area contributed by atoms with Crippen molar-refractivity contribution in [1.29, 1.82) is 0 Å². The van der Waals surface area contributed by atoms with E-state index in [2.05, 4.69) is 15.5 Å². The molecule has 0 aliphatic carbocycles.